The van der Waals surface area contributed by atoms with Crippen LogP contribution in [0.4, 0.5) is 4.79 Å². The minimum absolute atomic E-state index is 0.0291. The fraction of sp³-hybridized carbons (Fsp3) is 0.588. The maximum atomic E-state index is 12.2. The lowest BCUT2D eigenvalue weighted by Crippen LogP contribution is -2.48. The highest BCUT2D eigenvalue weighted by Gasteiger charge is 2.39. The molecular formula is C17H24N2O4. The first-order chi connectivity index (χ1) is 10.9. The molecule has 0 N–H and O–H groups in total. The monoisotopic (exact) mass is 320 g/mol. The van der Waals surface area contributed by atoms with Crippen LogP contribution < -0.4 is 0 Å². The number of aldehydes is 1. The fourth-order valence-corrected chi connectivity index (χ4v) is 2.72. The summed E-state index contributed by atoms with van der Waals surface area (Å²) < 4.78 is 11.3. The molecular weight excluding hydrogens is 296 g/mol. The van der Waals surface area contributed by atoms with Crippen LogP contribution in [0.15, 0.2) is 24.5 Å². The molecule has 1 saturated heterocycles. The fourth-order valence-electron chi connectivity index (χ4n) is 2.72. The summed E-state index contributed by atoms with van der Waals surface area (Å²) in [4.78, 5) is 28.7. The second-order valence-electron chi connectivity index (χ2n) is 6.68. The van der Waals surface area contributed by atoms with Crippen LogP contribution in [0.2, 0.25) is 0 Å². The van der Waals surface area contributed by atoms with Crippen molar-refractivity contribution in [1.82, 2.24) is 9.88 Å². The molecule has 1 aliphatic rings. The first-order valence-corrected chi connectivity index (χ1v) is 7.82. The van der Waals surface area contributed by atoms with E-state index in [9.17, 15) is 9.59 Å². The quantitative estimate of drug-likeness (QED) is 0.797. The highest BCUT2D eigenvalue weighted by Crippen LogP contribution is 2.36. The second-order valence-corrected chi connectivity index (χ2v) is 6.68. The van der Waals surface area contributed by atoms with Gasteiger partial charge in [-0.2, -0.15) is 0 Å². The number of hydrogen-bond acceptors (Lipinski definition) is 5. The Balaban J connectivity index is 2.08. The molecule has 0 spiro atoms. The Bertz CT molecular complexity index is 531. The van der Waals surface area contributed by atoms with Crippen LogP contribution >= 0.6 is 0 Å². The Morgan fingerprint density at radius 3 is 2.61 bits per heavy atom. The number of aromatic nitrogens is 1. The second kappa shape index (κ2) is 7.08. The van der Waals surface area contributed by atoms with Crippen molar-refractivity contribution in [3.8, 4) is 0 Å². The number of likely N-dealkylation sites (tertiary alicyclic amines) is 1. The van der Waals surface area contributed by atoms with Crippen LogP contribution in [0.3, 0.4) is 0 Å². The number of carbonyl (C=O) groups excluding carboxylic acids is 2. The van der Waals surface area contributed by atoms with Crippen LogP contribution in [0.5, 0.6) is 0 Å². The Morgan fingerprint density at radius 1 is 1.39 bits per heavy atom. The molecule has 0 radical (unpaired) electrons. The third-order valence-electron chi connectivity index (χ3n) is 3.84. The normalized spacial score (nSPS) is 17.6. The molecule has 2 rings (SSSR count). The van der Waals surface area contributed by atoms with Crippen molar-refractivity contribution in [2.75, 3.05) is 19.7 Å². The molecule has 0 aliphatic carbocycles. The van der Waals surface area contributed by atoms with E-state index in [0.29, 0.717) is 25.9 Å². The summed E-state index contributed by atoms with van der Waals surface area (Å²) in [5, 5.41) is 0. The van der Waals surface area contributed by atoms with Crippen molar-refractivity contribution in [2.24, 2.45) is 0 Å². The standard InChI is InChI=1S/C17H24N2O4/c1-16(2,3)23-15(21)19-9-6-17(7-10-19,22-12-11-20)14-5-4-8-18-13-14/h4-5,8,11,13H,6-7,9-10,12H2,1-3H3. The van der Waals surface area contributed by atoms with Crippen LogP contribution in [0.1, 0.15) is 39.2 Å². The van der Waals surface area contributed by atoms with E-state index >= 15 is 0 Å². The van der Waals surface area contributed by atoms with Crippen LogP contribution in [0, 0.1) is 0 Å². The van der Waals surface area contributed by atoms with E-state index in [-0.39, 0.29) is 12.7 Å². The van der Waals surface area contributed by atoms with Crippen molar-refractivity contribution < 1.29 is 19.1 Å². The van der Waals surface area contributed by atoms with Crippen molar-refractivity contribution in [3.63, 3.8) is 0 Å². The van der Waals surface area contributed by atoms with Crippen LogP contribution in [0.25, 0.3) is 0 Å². The van der Waals surface area contributed by atoms with Gasteiger partial charge in [-0.15, -0.1) is 0 Å². The highest BCUT2D eigenvalue weighted by atomic mass is 16.6. The van der Waals surface area contributed by atoms with Gasteiger partial charge in [0.25, 0.3) is 0 Å². The van der Waals surface area contributed by atoms with Gasteiger partial charge >= 0.3 is 6.09 Å². The van der Waals surface area contributed by atoms with Gasteiger partial charge in [-0.25, -0.2) is 4.79 Å². The Labute approximate surface area is 136 Å². The molecule has 1 aromatic heterocycles. The molecule has 1 fully saturated rings. The van der Waals surface area contributed by atoms with Crippen molar-refractivity contribution in [1.29, 1.82) is 0 Å². The van der Waals surface area contributed by atoms with Crippen molar-refractivity contribution in [2.45, 2.75) is 44.8 Å². The molecule has 23 heavy (non-hydrogen) atoms. The van der Waals surface area contributed by atoms with E-state index < -0.39 is 11.2 Å². The zero-order chi connectivity index (χ0) is 16.9. The van der Waals surface area contributed by atoms with Gasteiger partial charge in [-0.1, -0.05) is 6.07 Å². The summed E-state index contributed by atoms with van der Waals surface area (Å²) in [7, 11) is 0. The maximum Gasteiger partial charge on any atom is 0.410 e. The number of rotatable bonds is 4. The average molecular weight is 320 g/mol. The highest BCUT2D eigenvalue weighted by molar-refractivity contribution is 5.68. The van der Waals surface area contributed by atoms with Gasteiger partial charge in [0.1, 0.15) is 18.5 Å². The Hall–Kier alpha value is -1.95. The number of nitrogens with zero attached hydrogens (tertiary/aromatic N) is 2. The lowest BCUT2D eigenvalue weighted by molar-refractivity contribution is -0.126. The van der Waals surface area contributed by atoms with E-state index in [2.05, 4.69) is 4.98 Å². The first kappa shape index (κ1) is 17.4. The number of hydrogen-bond donors (Lipinski definition) is 0. The molecule has 0 atom stereocenters. The zero-order valence-corrected chi connectivity index (χ0v) is 13.9. The third kappa shape index (κ3) is 4.51. The number of pyridine rings is 1. The first-order valence-electron chi connectivity index (χ1n) is 7.82. The predicted molar refractivity (Wildman–Crippen MR) is 85.0 cm³/mol. The smallest absolute Gasteiger partial charge is 0.410 e. The van der Waals surface area contributed by atoms with E-state index in [1.54, 1.807) is 17.3 Å². The van der Waals surface area contributed by atoms with Crippen molar-refractivity contribution in [3.05, 3.63) is 30.1 Å². The summed E-state index contributed by atoms with van der Waals surface area (Å²) in [5.41, 5.74) is -0.151. The minimum Gasteiger partial charge on any atom is -0.444 e. The van der Waals surface area contributed by atoms with Gasteiger partial charge in [0.2, 0.25) is 0 Å². The van der Waals surface area contributed by atoms with Crippen LogP contribution in [-0.4, -0.2) is 47.6 Å². The largest absolute Gasteiger partial charge is 0.444 e. The molecule has 1 aromatic rings. The van der Waals surface area contributed by atoms with Crippen molar-refractivity contribution >= 4 is 12.4 Å². The van der Waals surface area contributed by atoms with Gasteiger partial charge in [0.05, 0.1) is 5.60 Å². The maximum absolute atomic E-state index is 12.2. The zero-order valence-electron chi connectivity index (χ0n) is 13.9. The number of piperidine rings is 1. The summed E-state index contributed by atoms with van der Waals surface area (Å²) >= 11 is 0. The summed E-state index contributed by atoms with van der Waals surface area (Å²) in [6.45, 7) is 6.61. The summed E-state index contributed by atoms with van der Waals surface area (Å²) in [6.07, 6.45) is 5.10. The van der Waals surface area contributed by atoms with Gasteiger partial charge in [-0.3, -0.25) is 4.98 Å². The predicted octanol–water partition coefficient (Wildman–Crippen LogP) is 2.52. The molecule has 0 saturated carbocycles. The van der Waals surface area contributed by atoms with Gasteiger partial charge in [-0.05, 0) is 39.7 Å². The Morgan fingerprint density at radius 2 is 2.09 bits per heavy atom. The Kier molecular flexibility index (Phi) is 5.36. The van der Waals surface area contributed by atoms with E-state index in [0.717, 1.165) is 11.8 Å². The van der Waals surface area contributed by atoms with Gasteiger partial charge in [0, 0.05) is 31.0 Å². The lowest BCUT2D eigenvalue weighted by atomic mass is 9.85. The number of ether oxygens (including phenoxy) is 2. The molecule has 1 amide bonds. The molecule has 126 valence electrons. The molecule has 6 heteroatoms. The number of amides is 1. The minimum atomic E-state index is -0.576. The SMILES string of the molecule is CC(C)(C)OC(=O)N1CCC(OCC=O)(c2cccnc2)CC1. The third-order valence-corrected chi connectivity index (χ3v) is 3.84. The van der Waals surface area contributed by atoms with Gasteiger partial charge < -0.3 is 19.2 Å². The molecule has 0 aromatic carbocycles. The lowest BCUT2D eigenvalue weighted by Gasteiger charge is -2.41. The summed E-state index contributed by atoms with van der Waals surface area (Å²) in [6, 6.07) is 3.79. The molecule has 1 aliphatic heterocycles. The molecule has 0 unspecified atom stereocenters. The molecule has 0 bridgehead atoms. The average Bonchev–Trinajstić information content (AvgIpc) is 2.52. The topological polar surface area (TPSA) is 68.7 Å². The van der Waals surface area contributed by atoms with E-state index in [1.807, 2.05) is 32.9 Å². The van der Waals surface area contributed by atoms with E-state index in [1.165, 1.54) is 0 Å². The molecule has 6 nitrogen and oxygen atoms in total. The molecule has 2 heterocycles. The summed E-state index contributed by atoms with van der Waals surface area (Å²) in [5.74, 6) is 0. The van der Waals surface area contributed by atoms with Gasteiger partial charge in [0.15, 0.2) is 0 Å². The van der Waals surface area contributed by atoms with E-state index in [4.69, 9.17) is 9.47 Å². The van der Waals surface area contributed by atoms with Crippen LogP contribution in [-0.2, 0) is 19.9 Å². The number of carbonyl (C=O) groups is 2.